The van der Waals surface area contributed by atoms with Gasteiger partial charge in [-0.25, -0.2) is 0 Å². The Morgan fingerprint density at radius 2 is 0.490 bits per heavy atom. The van der Waals surface area contributed by atoms with Crippen molar-refractivity contribution < 1.29 is 146 Å². The maximum Gasteiger partial charge on any atom is 0.761 e. The highest BCUT2D eigenvalue weighted by atomic mass is 28.5. The first kappa shape index (κ1) is 168. The van der Waals surface area contributed by atoms with Gasteiger partial charge in [-0.1, -0.05) is 74.3 Å². The van der Waals surface area contributed by atoms with Crippen LogP contribution in [0.1, 0.15) is 74.3 Å². The van der Waals surface area contributed by atoms with E-state index in [2.05, 4.69) is 4.12 Å². The first-order valence-corrected chi connectivity index (χ1v) is 17.0. The molecule has 0 aliphatic heterocycles. The summed E-state index contributed by atoms with van der Waals surface area (Å²) in [5, 5.41) is 14.0. The fourth-order valence-corrected chi connectivity index (χ4v) is 1.65. The van der Waals surface area contributed by atoms with Crippen LogP contribution in [0.2, 0.25) is 0 Å². The molecule has 30 nitrogen and oxygen atoms in total. The molecule has 49 heavy (non-hydrogen) atoms. The van der Waals surface area contributed by atoms with Crippen molar-refractivity contribution in [1.82, 2.24) is 0 Å². The maximum absolute atomic E-state index is 8.74. The summed E-state index contributed by atoms with van der Waals surface area (Å²) in [5.41, 5.74) is 0. The molecule has 0 amide bonds. The van der Waals surface area contributed by atoms with Crippen LogP contribution in [-0.2, 0) is 17.5 Å². The van der Waals surface area contributed by atoms with Crippen molar-refractivity contribution in [3.05, 3.63) is 0 Å². The van der Waals surface area contributed by atoms with E-state index in [0.717, 1.165) is 14.2 Å². The van der Waals surface area contributed by atoms with Gasteiger partial charge in [0.15, 0.2) is 0 Å². The van der Waals surface area contributed by atoms with Gasteiger partial charge in [0, 0.05) is 14.2 Å². The highest BCUT2D eigenvalue weighted by Crippen LogP contribution is 1.95. The lowest BCUT2D eigenvalue weighted by Crippen LogP contribution is -2.53. The lowest BCUT2D eigenvalue weighted by molar-refractivity contribution is 0.0403. The molecule has 0 fully saturated rings. The topological polar surface area (TPSA) is 643 Å². The zero-order chi connectivity index (χ0) is 30.6. The Morgan fingerprint density at radius 3 is 0.490 bits per heavy atom. The van der Waals surface area contributed by atoms with Crippen LogP contribution in [0.25, 0.3) is 0 Å². The number of hydrogen-bond donors (Lipinski definition) is 21. The molecule has 0 aromatic carbocycles. The summed E-state index contributed by atoms with van der Waals surface area (Å²) in [6.07, 6.45) is 0. The molecular weight excluding hydrogens is 821 g/mol. The fraction of sp³-hybridized carbons (Fsp3) is 1.00. The molecule has 0 bridgehead atoms. The SMILES string of the molecule is C.C.C.C.C.C.C.C.C.C.CO.CO.O.O.O.O.O.O=[Si](O)O.O=[Si]=O.O[SiH](O)O.O[Si](O)(O)O.O[Si](O)(O)O.O[Si](O)(O)O[Si](O)(O)O. The smallest absolute Gasteiger partial charge is 0.511 e. The summed E-state index contributed by atoms with van der Waals surface area (Å²) in [5.74, 6) is 0. The minimum Gasteiger partial charge on any atom is -0.511 e. The normalized spacial score (nSPS) is 6.65. The Hall–Kier alpha value is -0.482. The maximum atomic E-state index is 8.74. The highest BCUT2D eigenvalue weighted by Gasteiger charge is 2.45. The van der Waals surface area contributed by atoms with E-state index in [1.807, 2.05) is 0 Å². The first-order chi connectivity index (χ1) is 14.6. The molecular formula is C12H78O30Si7. The average molecular weight is 899 g/mol. The zero-order valence-electron chi connectivity index (χ0n) is 19.1. The van der Waals surface area contributed by atoms with Crippen molar-refractivity contribution in [3.8, 4) is 0 Å². The summed E-state index contributed by atoms with van der Waals surface area (Å²) in [7, 11) is -24.9. The second kappa shape index (κ2) is 104. The van der Waals surface area contributed by atoms with E-state index < -0.39 is 64.2 Å². The van der Waals surface area contributed by atoms with Crippen LogP contribution in [0, 0.1) is 0 Å². The Balaban J connectivity index is -0.00000000744. The van der Waals surface area contributed by atoms with Gasteiger partial charge in [0.25, 0.3) is 0 Å². The first-order valence-electron chi connectivity index (χ1n) is 6.27. The molecule has 0 saturated heterocycles. The van der Waals surface area contributed by atoms with E-state index >= 15 is 0 Å². The summed E-state index contributed by atoms with van der Waals surface area (Å²) in [4.78, 5) is 142. The van der Waals surface area contributed by atoms with Gasteiger partial charge >= 0.3 is 64.2 Å². The number of aliphatic hydroxyl groups is 2. The predicted octanol–water partition coefficient (Wildman–Crippen LogP) is -12.5. The molecule has 0 spiro atoms. The monoisotopic (exact) mass is 898 g/mol. The lowest BCUT2D eigenvalue weighted by atomic mass is 11.8. The summed E-state index contributed by atoms with van der Waals surface area (Å²) < 4.78 is 28.8. The quantitative estimate of drug-likeness (QED) is 0.114. The van der Waals surface area contributed by atoms with Crippen molar-refractivity contribution >= 4 is 64.2 Å². The molecule has 0 unspecified atom stereocenters. The van der Waals surface area contributed by atoms with Crippen molar-refractivity contribution in [2.45, 2.75) is 74.3 Å². The number of rotatable bonds is 2. The number of aliphatic hydroxyl groups excluding tert-OH is 2. The van der Waals surface area contributed by atoms with E-state index in [0.29, 0.717) is 0 Å². The Bertz CT molecular complexity index is 394. The van der Waals surface area contributed by atoms with Gasteiger partial charge in [0.1, 0.15) is 0 Å². The van der Waals surface area contributed by atoms with Crippen LogP contribution in [-0.4, -0.2) is 207 Å². The van der Waals surface area contributed by atoms with Crippen LogP contribution in [0.3, 0.4) is 0 Å². The number of hydrogen-bond acceptors (Lipinski definition) is 23. The summed E-state index contributed by atoms with van der Waals surface area (Å²) in [6, 6.07) is 0. The van der Waals surface area contributed by atoms with Gasteiger partial charge < -0.3 is 133 Å². The lowest BCUT2D eigenvalue weighted by Gasteiger charge is -2.13. The van der Waals surface area contributed by atoms with Gasteiger partial charge in [-0.3, -0.25) is 13.4 Å². The fourth-order valence-electron chi connectivity index (χ4n) is 0.184. The third kappa shape index (κ3) is 3230. The minimum atomic E-state index is -4.98. The summed E-state index contributed by atoms with van der Waals surface area (Å²) >= 11 is 0. The van der Waals surface area contributed by atoms with Gasteiger partial charge in [0.2, 0.25) is 0 Å². The van der Waals surface area contributed by atoms with Crippen molar-refractivity contribution in [1.29, 1.82) is 0 Å². The van der Waals surface area contributed by atoms with E-state index in [1.165, 1.54) is 0 Å². The van der Waals surface area contributed by atoms with E-state index in [4.69, 9.17) is 115 Å². The highest BCUT2D eigenvalue weighted by molar-refractivity contribution is 6.63. The Labute approximate surface area is 298 Å². The van der Waals surface area contributed by atoms with E-state index in [-0.39, 0.29) is 102 Å². The molecule has 0 aromatic heterocycles. The Kier molecular flexibility index (Phi) is 355. The molecule has 0 atom stereocenters. The molecule has 0 heterocycles. The molecule has 31 N–H and O–H groups in total. The van der Waals surface area contributed by atoms with Crippen LogP contribution in [0.15, 0.2) is 0 Å². The van der Waals surface area contributed by atoms with Crippen LogP contribution in [0.4, 0.5) is 0 Å². The predicted molar refractivity (Wildman–Crippen MR) is 189 cm³/mol. The average Bonchev–Trinajstić information content (AvgIpc) is 2.43. The summed E-state index contributed by atoms with van der Waals surface area (Å²) in [6.45, 7) is 0. The van der Waals surface area contributed by atoms with Gasteiger partial charge in [-0.15, -0.1) is 0 Å². The second-order valence-corrected chi connectivity index (χ2v) is 10.1. The largest absolute Gasteiger partial charge is 0.761 e. The van der Waals surface area contributed by atoms with Crippen molar-refractivity contribution in [2.75, 3.05) is 14.2 Å². The van der Waals surface area contributed by atoms with E-state index in [9.17, 15) is 0 Å². The standard InChI is InChI=1S/2CH4O.10CH4.H6O7Si2.2H4O4Si.H4O3Si.H2O3Si.O2Si.5H2O/c2*1-2;;;;;;;;;;;1-8(2,3)7-9(4,5)6;2*1-5(2,3)4;2*1-4(2)3;1-3-2;;;;;/h2*2H,1H3;10*1H4;1-6H;2*1-4H;1-4H;1-2H;;5*1H2. The molecule has 37 heteroatoms. The van der Waals surface area contributed by atoms with Crippen molar-refractivity contribution in [3.63, 3.8) is 0 Å². The molecule has 0 aliphatic rings. The minimum absolute atomic E-state index is 0. The molecule has 0 saturated carbocycles. The van der Waals surface area contributed by atoms with Gasteiger partial charge in [-0.05, 0) is 0 Å². The van der Waals surface area contributed by atoms with Gasteiger partial charge in [-0.2, -0.15) is 0 Å². The van der Waals surface area contributed by atoms with Crippen LogP contribution < -0.4 is 0 Å². The van der Waals surface area contributed by atoms with Crippen molar-refractivity contribution in [2.24, 2.45) is 0 Å². The van der Waals surface area contributed by atoms with Crippen LogP contribution in [0.5, 0.6) is 0 Å². The molecule has 334 valence electrons. The molecule has 0 rings (SSSR count). The molecule has 0 radical (unpaired) electrons. The third-order valence-electron chi connectivity index (χ3n) is 0.274. The second-order valence-electron chi connectivity index (χ2n) is 3.16. The Morgan fingerprint density at radius 1 is 0.449 bits per heavy atom. The van der Waals surface area contributed by atoms with Crippen LogP contribution >= 0.6 is 0 Å². The third-order valence-corrected chi connectivity index (χ3v) is 2.46. The van der Waals surface area contributed by atoms with Gasteiger partial charge in [0.05, 0.1) is 0 Å². The van der Waals surface area contributed by atoms with E-state index in [1.54, 1.807) is 0 Å². The molecule has 0 aliphatic carbocycles. The molecule has 0 aromatic rings. The zero-order valence-corrected chi connectivity index (χ0v) is 26.3.